The van der Waals surface area contributed by atoms with Gasteiger partial charge in [0.25, 0.3) is 10.0 Å². The number of aromatic carboxylic acids is 1. The zero-order valence-corrected chi connectivity index (χ0v) is 13.0. The largest absolute Gasteiger partial charge is 0.477 e. The summed E-state index contributed by atoms with van der Waals surface area (Å²) in [5, 5.41) is 8.96. The highest BCUT2D eigenvalue weighted by Gasteiger charge is 2.25. The lowest BCUT2D eigenvalue weighted by molar-refractivity contribution is 0.0701. The fourth-order valence-electron chi connectivity index (χ4n) is 1.65. The van der Waals surface area contributed by atoms with E-state index in [1.165, 1.54) is 17.4 Å². The number of carbonyl (C=O) groups is 1. The Labute approximate surface area is 117 Å². The molecule has 0 unspecified atom stereocenters. The maximum Gasteiger partial charge on any atom is 0.346 e. The molecule has 0 spiro atoms. The Morgan fingerprint density at radius 2 is 2.05 bits per heavy atom. The fourth-order valence-corrected chi connectivity index (χ4v) is 4.45. The van der Waals surface area contributed by atoms with Crippen LogP contribution in [-0.4, -0.2) is 37.4 Å². The summed E-state index contributed by atoms with van der Waals surface area (Å²) >= 11 is 0.813. The third-order valence-corrected chi connectivity index (χ3v) is 6.36. The Bertz CT molecular complexity index is 548. The van der Waals surface area contributed by atoms with E-state index in [1.54, 1.807) is 6.92 Å². The van der Waals surface area contributed by atoms with Gasteiger partial charge in [0.15, 0.2) is 0 Å². The lowest BCUT2D eigenvalue weighted by Crippen LogP contribution is -2.27. The smallest absolute Gasteiger partial charge is 0.346 e. The summed E-state index contributed by atoms with van der Waals surface area (Å²) in [7, 11) is -2.04. The van der Waals surface area contributed by atoms with Crippen molar-refractivity contribution in [1.29, 1.82) is 0 Å². The fraction of sp³-hybridized carbons (Fsp3) is 0.583. The molecule has 0 aliphatic rings. The van der Waals surface area contributed by atoms with Crippen LogP contribution in [0.5, 0.6) is 0 Å². The van der Waals surface area contributed by atoms with Gasteiger partial charge in [0, 0.05) is 13.6 Å². The number of nitrogens with zero attached hydrogens (tertiary/aromatic N) is 1. The highest BCUT2D eigenvalue weighted by atomic mass is 32.2. The second-order valence-electron chi connectivity index (χ2n) is 4.42. The molecule has 0 saturated heterocycles. The number of thiophene rings is 1. The van der Waals surface area contributed by atoms with Gasteiger partial charge in [-0.2, -0.15) is 0 Å². The molecule has 1 rings (SSSR count). The van der Waals surface area contributed by atoms with E-state index in [2.05, 4.69) is 6.92 Å². The maximum atomic E-state index is 12.3. The molecule has 1 heterocycles. The van der Waals surface area contributed by atoms with Crippen molar-refractivity contribution in [3.63, 3.8) is 0 Å². The minimum Gasteiger partial charge on any atom is -0.477 e. The summed E-state index contributed by atoms with van der Waals surface area (Å²) in [5.41, 5.74) is 0.484. The Balaban J connectivity index is 2.94. The summed E-state index contributed by atoms with van der Waals surface area (Å²) < 4.78 is 25.9. The van der Waals surface area contributed by atoms with Crippen LogP contribution in [0.4, 0.5) is 0 Å². The first-order valence-corrected chi connectivity index (χ1v) is 8.36. The molecular formula is C12H19NO4S2. The van der Waals surface area contributed by atoms with Crippen molar-refractivity contribution in [1.82, 2.24) is 4.31 Å². The number of carboxylic acids is 1. The first-order valence-electron chi connectivity index (χ1n) is 6.10. The van der Waals surface area contributed by atoms with Crippen molar-refractivity contribution in [2.45, 2.75) is 37.3 Å². The van der Waals surface area contributed by atoms with Gasteiger partial charge in [-0.3, -0.25) is 0 Å². The van der Waals surface area contributed by atoms with Crippen molar-refractivity contribution < 1.29 is 18.3 Å². The third kappa shape index (κ3) is 3.77. The van der Waals surface area contributed by atoms with E-state index in [-0.39, 0.29) is 9.09 Å². The van der Waals surface area contributed by atoms with Crippen molar-refractivity contribution >= 4 is 27.3 Å². The summed E-state index contributed by atoms with van der Waals surface area (Å²) in [4.78, 5) is 11.0. The Kier molecular flexibility index (Phi) is 5.51. The molecule has 0 atom stereocenters. The summed E-state index contributed by atoms with van der Waals surface area (Å²) in [6.45, 7) is 4.11. The molecule has 108 valence electrons. The van der Waals surface area contributed by atoms with E-state index in [4.69, 9.17) is 5.11 Å². The number of rotatable bonds is 7. The van der Waals surface area contributed by atoms with Crippen LogP contribution in [0.3, 0.4) is 0 Å². The number of unbranched alkanes of at least 4 members (excludes halogenated alkanes) is 2. The second-order valence-corrected chi connectivity index (χ2v) is 7.74. The maximum absolute atomic E-state index is 12.3. The molecule has 0 radical (unpaired) electrons. The normalized spacial score (nSPS) is 12.0. The summed E-state index contributed by atoms with van der Waals surface area (Å²) in [6.07, 6.45) is 2.81. The van der Waals surface area contributed by atoms with Gasteiger partial charge < -0.3 is 5.11 Å². The van der Waals surface area contributed by atoms with E-state index < -0.39 is 16.0 Å². The lowest BCUT2D eigenvalue weighted by atomic mass is 10.2. The molecule has 19 heavy (non-hydrogen) atoms. The van der Waals surface area contributed by atoms with Gasteiger partial charge in [-0.1, -0.05) is 19.8 Å². The molecule has 1 aromatic rings. The van der Waals surface area contributed by atoms with Crippen LogP contribution < -0.4 is 0 Å². The summed E-state index contributed by atoms with van der Waals surface area (Å²) in [6, 6.07) is 1.43. The number of hydrogen-bond donors (Lipinski definition) is 1. The topological polar surface area (TPSA) is 74.7 Å². The Morgan fingerprint density at radius 1 is 1.42 bits per heavy atom. The number of carboxylic acid groups (broad SMARTS) is 1. The third-order valence-electron chi connectivity index (χ3n) is 2.83. The van der Waals surface area contributed by atoms with E-state index in [9.17, 15) is 13.2 Å². The Morgan fingerprint density at radius 3 is 2.53 bits per heavy atom. The van der Waals surface area contributed by atoms with Gasteiger partial charge in [-0.05, 0) is 25.0 Å². The monoisotopic (exact) mass is 305 g/mol. The van der Waals surface area contributed by atoms with Gasteiger partial charge in [-0.15, -0.1) is 11.3 Å². The van der Waals surface area contributed by atoms with Gasteiger partial charge in [0.1, 0.15) is 9.09 Å². The first kappa shape index (κ1) is 16.1. The zero-order valence-electron chi connectivity index (χ0n) is 11.3. The molecule has 0 amide bonds. The molecule has 1 aromatic heterocycles. The van der Waals surface area contributed by atoms with E-state index >= 15 is 0 Å². The van der Waals surface area contributed by atoms with Crippen LogP contribution in [-0.2, 0) is 10.0 Å². The average molecular weight is 305 g/mol. The number of sulfonamides is 1. The molecular weight excluding hydrogens is 286 g/mol. The highest BCUT2D eigenvalue weighted by molar-refractivity contribution is 7.91. The standard InChI is InChI=1S/C12H19NO4S2/c1-4-5-6-7-13(3)19(16,17)10-8-9(2)11(18-10)12(14)15/h8H,4-7H2,1-3H3,(H,14,15). The molecule has 0 aliphatic carbocycles. The van der Waals surface area contributed by atoms with Crippen molar-refractivity contribution in [3.8, 4) is 0 Å². The quantitative estimate of drug-likeness (QED) is 0.786. The predicted molar refractivity (Wildman–Crippen MR) is 75.4 cm³/mol. The van der Waals surface area contributed by atoms with Gasteiger partial charge in [0.05, 0.1) is 0 Å². The van der Waals surface area contributed by atoms with Crippen LogP contribution in [0, 0.1) is 6.92 Å². The zero-order chi connectivity index (χ0) is 14.6. The van der Waals surface area contributed by atoms with Crippen molar-refractivity contribution in [2.24, 2.45) is 0 Å². The number of aryl methyl sites for hydroxylation is 1. The van der Waals surface area contributed by atoms with Gasteiger partial charge >= 0.3 is 5.97 Å². The van der Waals surface area contributed by atoms with Crippen LogP contribution in [0.2, 0.25) is 0 Å². The van der Waals surface area contributed by atoms with Crippen molar-refractivity contribution in [3.05, 3.63) is 16.5 Å². The lowest BCUT2D eigenvalue weighted by Gasteiger charge is -2.15. The van der Waals surface area contributed by atoms with Crippen LogP contribution >= 0.6 is 11.3 Å². The average Bonchev–Trinajstić information content (AvgIpc) is 2.72. The number of hydrogen-bond acceptors (Lipinski definition) is 4. The molecule has 0 fully saturated rings. The van der Waals surface area contributed by atoms with Crippen LogP contribution in [0.1, 0.15) is 41.4 Å². The molecule has 0 bridgehead atoms. The minimum atomic E-state index is -3.57. The van der Waals surface area contributed by atoms with E-state index in [0.717, 1.165) is 30.6 Å². The highest BCUT2D eigenvalue weighted by Crippen LogP contribution is 2.28. The van der Waals surface area contributed by atoms with Gasteiger partial charge in [-0.25, -0.2) is 17.5 Å². The summed E-state index contributed by atoms with van der Waals surface area (Å²) in [5.74, 6) is -1.09. The minimum absolute atomic E-state index is 0.0838. The van der Waals surface area contributed by atoms with Crippen LogP contribution in [0.15, 0.2) is 10.3 Å². The van der Waals surface area contributed by atoms with Gasteiger partial charge in [0.2, 0.25) is 0 Å². The van der Waals surface area contributed by atoms with E-state index in [0.29, 0.717) is 12.1 Å². The molecule has 0 aromatic carbocycles. The Hall–Kier alpha value is -0.920. The molecule has 5 nitrogen and oxygen atoms in total. The molecule has 7 heteroatoms. The van der Waals surface area contributed by atoms with E-state index in [1.807, 2.05) is 0 Å². The molecule has 0 aliphatic heterocycles. The predicted octanol–water partition coefficient (Wildman–Crippen LogP) is 2.57. The molecule has 0 saturated carbocycles. The molecule has 1 N–H and O–H groups in total. The second kappa shape index (κ2) is 6.49. The van der Waals surface area contributed by atoms with Crippen molar-refractivity contribution in [2.75, 3.05) is 13.6 Å². The SMILES string of the molecule is CCCCCN(C)S(=O)(=O)c1cc(C)c(C(=O)O)s1. The first-order chi connectivity index (χ1) is 8.80. The van der Waals surface area contributed by atoms with Crippen LogP contribution in [0.25, 0.3) is 0 Å².